The molecule has 8 heteroatoms. The summed E-state index contributed by atoms with van der Waals surface area (Å²) in [5.41, 5.74) is 1.43. The van der Waals surface area contributed by atoms with Gasteiger partial charge in [0.2, 0.25) is 0 Å². The van der Waals surface area contributed by atoms with E-state index in [0.29, 0.717) is 25.3 Å². The summed E-state index contributed by atoms with van der Waals surface area (Å²) in [6, 6.07) is 1.53. The zero-order chi connectivity index (χ0) is 17.1. The van der Waals surface area contributed by atoms with Crippen LogP contribution in [-0.4, -0.2) is 52.3 Å². The van der Waals surface area contributed by atoms with Crippen molar-refractivity contribution in [3.8, 4) is 0 Å². The second kappa shape index (κ2) is 7.45. The number of morpholine rings is 1. The number of aromatic nitrogens is 3. The van der Waals surface area contributed by atoms with Gasteiger partial charge in [-0.05, 0) is 24.8 Å². The first kappa shape index (κ1) is 16.4. The molecule has 1 saturated carbocycles. The summed E-state index contributed by atoms with van der Waals surface area (Å²) >= 11 is 1.59. The minimum Gasteiger partial charge on any atom is -0.377 e. The Labute approximate surface area is 150 Å². The lowest BCUT2D eigenvalue weighted by Crippen LogP contribution is -2.43. The highest BCUT2D eigenvalue weighted by atomic mass is 32.1. The van der Waals surface area contributed by atoms with E-state index in [1.54, 1.807) is 17.4 Å². The fourth-order valence-electron chi connectivity index (χ4n) is 3.12. The van der Waals surface area contributed by atoms with Gasteiger partial charge in [-0.2, -0.15) is 10.2 Å². The summed E-state index contributed by atoms with van der Waals surface area (Å²) in [5.74, 6) is 0.725. The third-order valence-electron chi connectivity index (χ3n) is 4.85. The summed E-state index contributed by atoms with van der Waals surface area (Å²) in [5, 5.41) is 13.9. The molecule has 3 heterocycles. The van der Waals surface area contributed by atoms with Crippen molar-refractivity contribution in [3.05, 3.63) is 35.1 Å². The van der Waals surface area contributed by atoms with E-state index in [1.807, 2.05) is 10.3 Å². The quantitative estimate of drug-likeness (QED) is 0.883. The van der Waals surface area contributed by atoms with E-state index in [4.69, 9.17) is 9.72 Å². The van der Waals surface area contributed by atoms with E-state index in [0.717, 1.165) is 23.3 Å². The first-order chi connectivity index (χ1) is 12.3. The summed E-state index contributed by atoms with van der Waals surface area (Å²) in [6.45, 7) is 2.54. The van der Waals surface area contributed by atoms with Gasteiger partial charge in [-0.15, -0.1) is 11.3 Å². The van der Waals surface area contributed by atoms with E-state index in [1.165, 1.54) is 31.7 Å². The van der Waals surface area contributed by atoms with Crippen molar-refractivity contribution in [2.75, 3.05) is 31.6 Å². The van der Waals surface area contributed by atoms with Gasteiger partial charge in [-0.1, -0.05) is 6.42 Å². The highest BCUT2D eigenvalue weighted by molar-refractivity contribution is 7.13. The molecule has 7 nitrogen and oxygen atoms in total. The largest absolute Gasteiger partial charge is 0.377 e. The van der Waals surface area contributed by atoms with Crippen molar-refractivity contribution in [2.45, 2.75) is 25.3 Å². The van der Waals surface area contributed by atoms with Crippen LogP contribution in [0.3, 0.4) is 0 Å². The molecule has 2 aromatic heterocycles. The van der Waals surface area contributed by atoms with E-state index < -0.39 is 0 Å². The topological polar surface area (TPSA) is 80.2 Å². The monoisotopic (exact) mass is 359 g/mol. The minimum atomic E-state index is -0.162. The van der Waals surface area contributed by atoms with Gasteiger partial charge in [0.05, 0.1) is 42.9 Å². The number of hydrogen-bond donors (Lipinski definition) is 1. The molecule has 0 radical (unpaired) electrons. The van der Waals surface area contributed by atoms with Gasteiger partial charge in [0.25, 0.3) is 5.91 Å². The molecule has 25 heavy (non-hydrogen) atoms. The number of anilines is 1. The Morgan fingerprint density at radius 1 is 1.40 bits per heavy atom. The lowest BCUT2D eigenvalue weighted by molar-refractivity contribution is -0.00374. The van der Waals surface area contributed by atoms with Crippen LogP contribution in [0, 0.1) is 5.92 Å². The molecule has 0 bridgehead atoms. The second-order valence-electron chi connectivity index (χ2n) is 6.48. The number of carbonyl (C=O) groups excluding carboxylic acids is 1. The van der Waals surface area contributed by atoms with Crippen molar-refractivity contribution in [3.63, 3.8) is 0 Å². The van der Waals surface area contributed by atoms with E-state index in [2.05, 4.69) is 15.5 Å². The maximum absolute atomic E-state index is 12.8. The maximum Gasteiger partial charge on any atom is 0.256 e. The minimum absolute atomic E-state index is 0.0554. The predicted molar refractivity (Wildman–Crippen MR) is 94.6 cm³/mol. The molecule has 0 spiro atoms. The standard InChI is InChI=1S/C17H21N5O2S/c23-16(13-4-5-19-20-9-13)22-6-7-24-10-15(22)14-11-25-17(21-14)18-8-12-2-1-3-12/h4-5,9,11-12,15H,1-3,6-8,10H2,(H,18,21)/t15-/m0/s1. The third-order valence-corrected chi connectivity index (χ3v) is 5.67. The normalized spacial score (nSPS) is 21.0. The van der Waals surface area contributed by atoms with Crippen LogP contribution >= 0.6 is 11.3 Å². The van der Waals surface area contributed by atoms with Crippen molar-refractivity contribution >= 4 is 22.4 Å². The molecule has 1 N–H and O–H groups in total. The molecule has 2 aromatic rings. The molecule has 132 valence electrons. The highest BCUT2D eigenvalue weighted by Crippen LogP contribution is 2.30. The van der Waals surface area contributed by atoms with Crippen LogP contribution in [0.25, 0.3) is 0 Å². The van der Waals surface area contributed by atoms with E-state index in [9.17, 15) is 4.79 Å². The van der Waals surface area contributed by atoms with Crippen LogP contribution in [0.2, 0.25) is 0 Å². The zero-order valence-electron chi connectivity index (χ0n) is 13.9. The second-order valence-corrected chi connectivity index (χ2v) is 7.33. The Balaban J connectivity index is 1.47. The number of thiazole rings is 1. The SMILES string of the molecule is O=C(c1ccnnc1)N1CCOC[C@H]1c1csc(NCC2CCC2)n1. The molecule has 1 atom stereocenters. The van der Waals surface area contributed by atoms with Crippen molar-refractivity contribution in [2.24, 2.45) is 5.92 Å². The van der Waals surface area contributed by atoms with Crippen molar-refractivity contribution in [1.82, 2.24) is 20.1 Å². The van der Waals surface area contributed by atoms with Crippen LogP contribution in [0.15, 0.2) is 23.8 Å². The van der Waals surface area contributed by atoms with Gasteiger partial charge in [0.1, 0.15) is 0 Å². The molecular formula is C17H21N5O2S. The number of nitrogens with one attached hydrogen (secondary N) is 1. The maximum atomic E-state index is 12.8. The summed E-state index contributed by atoms with van der Waals surface area (Å²) < 4.78 is 5.61. The van der Waals surface area contributed by atoms with Gasteiger partial charge in [0, 0.05) is 18.5 Å². The smallest absolute Gasteiger partial charge is 0.256 e. The van der Waals surface area contributed by atoms with E-state index >= 15 is 0 Å². The predicted octanol–water partition coefficient (Wildman–Crippen LogP) is 2.36. The third kappa shape index (κ3) is 3.64. The van der Waals surface area contributed by atoms with Crippen LogP contribution in [0.1, 0.15) is 41.4 Å². The fourth-order valence-corrected chi connectivity index (χ4v) is 3.89. The van der Waals surface area contributed by atoms with Crippen LogP contribution in [0.5, 0.6) is 0 Å². The fraction of sp³-hybridized carbons (Fsp3) is 0.529. The molecule has 1 aliphatic heterocycles. The zero-order valence-corrected chi connectivity index (χ0v) is 14.7. The van der Waals surface area contributed by atoms with Gasteiger partial charge >= 0.3 is 0 Å². The Bertz CT molecular complexity index is 719. The number of rotatable bonds is 5. The van der Waals surface area contributed by atoms with Crippen molar-refractivity contribution < 1.29 is 9.53 Å². The number of ether oxygens (including phenoxy) is 1. The molecule has 1 aliphatic carbocycles. The molecular weight excluding hydrogens is 338 g/mol. The number of amides is 1. The molecule has 1 saturated heterocycles. The molecule has 2 aliphatic rings. The first-order valence-electron chi connectivity index (χ1n) is 8.66. The van der Waals surface area contributed by atoms with Crippen LogP contribution in [-0.2, 0) is 4.74 Å². The summed E-state index contributed by atoms with van der Waals surface area (Å²) in [6.07, 6.45) is 7.00. The molecule has 0 unspecified atom stereocenters. The molecule has 0 aromatic carbocycles. The number of hydrogen-bond acceptors (Lipinski definition) is 7. The Hall–Kier alpha value is -2.06. The Morgan fingerprint density at radius 3 is 3.08 bits per heavy atom. The highest BCUT2D eigenvalue weighted by Gasteiger charge is 2.31. The van der Waals surface area contributed by atoms with Crippen LogP contribution in [0.4, 0.5) is 5.13 Å². The lowest BCUT2D eigenvalue weighted by Gasteiger charge is -2.34. The molecule has 1 amide bonds. The molecule has 4 rings (SSSR count). The summed E-state index contributed by atoms with van der Waals surface area (Å²) in [4.78, 5) is 19.3. The summed E-state index contributed by atoms with van der Waals surface area (Å²) in [7, 11) is 0. The van der Waals surface area contributed by atoms with Crippen LogP contribution < -0.4 is 5.32 Å². The van der Waals surface area contributed by atoms with Gasteiger partial charge < -0.3 is 15.0 Å². The van der Waals surface area contributed by atoms with Gasteiger partial charge in [-0.3, -0.25) is 4.79 Å². The lowest BCUT2D eigenvalue weighted by atomic mass is 9.86. The first-order valence-corrected chi connectivity index (χ1v) is 9.54. The van der Waals surface area contributed by atoms with Crippen molar-refractivity contribution in [1.29, 1.82) is 0 Å². The van der Waals surface area contributed by atoms with Gasteiger partial charge in [0.15, 0.2) is 5.13 Å². The Kier molecular flexibility index (Phi) is 4.89. The van der Waals surface area contributed by atoms with E-state index in [-0.39, 0.29) is 11.9 Å². The average Bonchev–Trinajstić information content (AvgIpc) is 3.09. The Morgan fingerprint density at radius 2 is 2.32 bits per heavy atom. The average molecular weight is 359 g/mol. The number of carbonyl (C=O) groups is 1. The molecule has 2 fully saturated rings. The number of nitrogens with zero attached hydrogens (tertiary/aromatic N) is 4. The van der Waals surface area contributed by atoms with Gasteiger partial charge in [-0.25, -0.2) is 4.98 Å².